The second-order valence-corrected chi connectivity index (χ2v) is 5.53. The van der Waals surface area contributed by atoms with Crippen LogP contribution in [0, 0.1) is 5.82 Å². The maximum absolute atomic E-state index is 13.6. The zero-order valence-electron chi connectivity index (χ0n) is 11.3. The first kappa shape index (κ1) is 16.1. The predicted octanol–water partition coefficient (Wildman–Crippen LogP) is 3.04. The molecule has 0 amide bonds. The highest BCUT2D eigenvalue weighted by molar-refractivity contribution is 7.99. The molecule has 2 rings (SSSR count). The second-order valence-electron chi connectivity index (χ2n) is 4.18. The van der Waals surface area contributed by atoms with Gasteiger partial charge in [-0.3, -0.25) is 4.79 Å². The number of benzene rings is 1. The van der Waals surface area contributed by atoms with Crippen molar-refractivity contribution in [3.63, 3.8) is 0 Å². The molecule has 0 aliphatic carbocycles. The van der Waals surface area contributed by atoms with Crippen molar-refractivity contribution < 1.29 is 19.0 Å². The van der Waals surface area contributed by atoms with Gasteiger partial charge in [0.2, 0.25) is 0 Å². The first-order chi connectivity index (χ1) is 10.0. The number of thioether (sulfide) groups is 1. The minimum Gasteiger partial charge on any atom is -0.481 e. The van der Waals surface area contributed by atoms with Crippen molar-refractivity contribution in [3.05, 3.63) is 23.0 Å². The van der Waals surface area contributed by atoms with Crippen LogP contribution in [0.5, 0.6) is 0 Å². The first-order valence-corrected chi connectivity index (χ1v) is 7.67. The van der Waals surface area contributed by atoms with Crippen LogP contribution >= 0.6 is 23.4 Å². The molecule has 0 unspecified atom stereocenters. The zero-order chi connectivity index (χ0) is 15.4. The van der Waals surface area contributed by atoms with Crippen molar-refractivity contribution >= 4 is 40.4 Å². The third-order valence-corrected chi connectivity index (χ3v) is 3.99. The summed E-state index contributed by atoms with van der Waals surface area (Å²) in [5, 5.41) is 9.28. The summed E-state index contributed by atoms with van der Waals surface area (Å²) < 4.78 is 20.7. The number of rotatable bonds is 7. The molecule has 0 atom stereocenters. The lowest BCUT2D eigenvalue weighted by atomic mass is 10.3. The van der Waals surface area contributed by atoms with Crippen LogP contribution in [-0.2, 0) is 16.1 Å². The summed E-state index contributed by atoms with van der Waals surface area (Å²) in [5.74, 6) is -1.59. The third-order valence-electron chi connectivity index (χ3n) is 2.74. The van der Waals surface area contributed by atoms with E-state index in [9.17, 15) is 9.18 Å². The van der Waals surface area contributed by atoms with E-state index in [-0.39, 0.29) is 10.8 Å². The van der Waals surface area contributed by atoms with E-state index in [1.807, 2.05) is 6.92 Å². The Labute approximate surface area is 130 Å². The van der Waals surface area contributed by atoms with E-state index in [2.05, 4.69) is 4.98 Å². The van der Waals surface area contributed by atoms with E-state index in [0.29, 0.717) is 35.9 Å². The van der Waals surface area contributed by atoms with Crippen molar-refractivity contribution in [3.8, 4) is 0 Å². The van der Waals surface area contributed by atoms with Gasteiger partial charge in [-0.2, -0.15) is 0 Å². The molecule has 8 heteroatoms. The summed E-state index contributed by atoms with van der Waals surface area (Å²) in [5.41, 5.74) is 1.11. The number of imidazole rings is 1. The second kappa shape index (κ2) is 7.11. The molecule has 5 nitrogen and oxygen atoms in total. The number of carboxylic acids is 1. The molecule has 0 bridgehead atoms. The summed E-state index contributed by atoms with van der Waals surface area (Å²) in [6.07, 6.45) is 0. The number of halogens is 2. The van der Waals surface area contributed by atoms with Crippen LogP contribution in [-0.4, -0.2) is 39.6 Å². The number of aromatic nitrogens is 2. The van der Waals surface area contributed by atoms with Crippen LogP contribution in [0.3, 0.4) is 0 Å². The number of fused-ring (bicyclic) bond motifs is 1. The van der Waals surface area contributed by atoms with Gasteiger partial charge in [0.05, 0.1) is 28.4 Å². The highest BCUT2D eigenvalue weighted by atomic mass is 35.5. The molecular formula is C13H14ClFN2O3S. The van der Waals surface area contributed by atoms with E-state index in [4.69, 9.17) is 21.4 Å². The van der Waals surface area contributed by atoms with Crippen LogP contribution in [0.2, 0.25) is 5.02 Å². The summed E-state index contributed by atoms with van der Waals surface area (Å²) in [6.45, 7) is 3.36. The highest BCUT2D eigenvalue weighted by Crippen LogP contribution is 2.28. The number of nitrogens with zero attached hydrogens (tertiary/aromatic N) is 2. The van der Waals surface area contributed by atoms with Crippen molar-refractivity contribution in [2.24, 2.45) is 0 Å². The van der Waals surface area contributed by atoms with Crippen LogP contribution in [0.15, 0.2) is 17.3 Å². The fourth-order valence-electron chi connectivity index (χ4n) is 1.85. The van der Waals surface area contributed by atoms with E-state index in [1.54, 1.807) is 4.57 Å². The average Bonchev–Trinajstić information content (AvgIpc) is 2.75. The molecule has 2 aromatic rings. The SMILES string of the molecule is CCOCCn1c(SCC(=O)O)nc2cc(Cl)c(F)cc21. The molecule has 1 heterocycles. The topological polar surface area (TPSA) is 64.3 Å². The van der Waals surface area contributed by atoms with Gasteiger partial charge >= 0.3 is 5.97 Å². The molecule has 0 fully saturated rings. The van der Waals surface area contributed by atoms with E-state index < -0.39 is 11.8 Å². The summed E-state index contributed by atoms with van der Waals surface area (Å²) in [6, 6.07) is 2.75. The molecule has 0 aliphatic heterocycles. The normalized spacial score (nSPS) is 11.2. The van der Waals surface area contributed by atoms with Crippen LogP contribution in [0.4, 0.5) is 4.39 Å². The molecule has 21 heavy (non-hydrogen) atoms. The van der Waals surface area contributed by atoms with Gasteiger partial charge < -0.3 is 14.4 Å². The van der Waals surface area contributed by atoms with E-state index in [1.165, 1.54) is 12.1 Å². The monoisotopic (exact) mass is 332 g/mol. The molecule has 0 aliphatic rings. The standard InChI is InChI=1S/C13H14ClFN2O3S/c1-2-20-4-3-17-11-6-9(15)8(14)5-10(11)16-13(17)21-7-12(18)19/h5-6H,2-4,7H2,1H3,(H,18,19). The molecule has 1 aromatic carbocycles. The number of ether oxygens (including phenoxy) is 1. The van der Waals surface area contributed by atoms with Gasteiger partial charge in [-0.15, -0.1) is 0 Å². The highest BCUT2D eigenvalue weighted by Gasteiger charge is 2.15. The lowest BCUT2D eigenvalue weighted by molar-refractivity contribution is -0.133. The molecule has 1 N–H and O–H groups in total. The maximum Gasteiger partial charge on any atom is 0.313 e. The third kappa shape index (κ3) is 3.87. The molecule has 1 aromatic heterocycles. The Morgan fingerprint density at radius 3 is 3.00 bits per heavy atom. The van der Waals surface area contributed by atoms with Gasteiger partial charge in [0.1, 0.15) is 5.82 Å². The number of carboxylic acid groups (broad SMARTS) is 1. The van der Waals surface area contributed by atoms with Crippen LogP contribution in [0.1, 0.15) is 6.92 Å². The van der Waals surface area contributed by atoms with Crippen molar-refractivity contribution in [2.75, 3.05) is 19.0 Å². The van der Waals surface area contributed by atoms with Crippen molar-refractivity contribution in [1.29, 1.82) is 0 Å². The maximum atomic E-state index is 13.6. The predicted molar refractivity (Wildman–Crippen MR) is 79.6 cm³/mol. The number of hydrogen-bond acceptors (Lipinski definition) is 4. The molecule has 0 radical (unpaired) electrons. The molecule has 0 saturated heterocycles. The summed E-state index contributed by atoms with van der Waals surface area (Å²) >= 11 is 6.84. The van der Waals surface area contributed by atoms with Gasteiger partial charge in [-0.25, -0.2) is 9.37 Å². The Morgan fingerprint density at radius 1 is 1.57 bits per heavy atom. The number of hydrogen-bond donors (Lipinski definition) is 1. The fraction of sp³-hybridized carbons (Fsp3) is 0.385. The number of carbonyl (C=O) groups is 1. The van der Waals surface area contributed by atoms with Crippen LogP contribution in [0.25, 0.3) is 11.0 Å². The minimum absolute atomic E-state index is 0.00765. The Morgan fingerprint density at radius 2 is 2.33 bits per heavy atom. The summed E-state index contributed by atoms with van der Waals surface area (Å²) in [7, 11) is 0. The first-order valence-electron chi connectivity index (χ1n) is 6.30. The van der Waals surface area contributed by atoms with E-state index in [0.717, 1.165) is 11.8 Å². The average molecular weight is 333 g/mol. The lowest BCUT2D eigenvalue weighted by Gasteiger charge is -2.08. The quantitative estimate of drug-likeness (QED) is 0.623. The smallest absolute Gasteiger partial charge is 0.313 e. The van der Waals surface area contributed by atoms with Crippen LogP contribution < -0.4 is 0 Å². The van der Waals surface area contributed by atoms with Gasteiger partial charge in [0.15, 0.2) is 5.16 Å². The Kier molecular flexibility index (Phi) is 5.44. The molecule has 0 saturated carbocycles. The molecule has 114 valence electrons. The Bertz CT molecular complexity index is 662. The van der Waals surface area contributed by atoms with Gasteiger partial charge in [-0.05, 0) is 13.0 Å². The van der Waals surface area contributed by atoms with E-state index >= 15 is 0 Å². The lowest BCUT2D eigenvalue weighted by Crippen LogP contribution is -2.08. The fourth-order valence-corrected chi connectivity index (χ4v) is 2.77. The van der Waals surface area contributed by atoms with Crippen molar-refractivity contribution in [2.45, 2.75) is 18.6 Å². The largest absolute Gasteiger partial charge is 0.481 e. The Balaban J connectivity index is 2.39. The molecule has 0 spiro atoms. The minimum atomic E-state index is -0.937. The number of aliphatic carboxylic acids is 1. The Hall–Kier alpha value is -1.31. The van der Waals surface area contributed by atoms with Gasteiger partial charge in [0.25, 0.3) is 0 Å². The zero-order valence-corrected chi connectivity index (χ0v) is 12.9. The molecular weight excluding hydrogens is 319 g/mol. The summed E-state index contributed by atoms with van der Waals surface area (Å²) in [4.78, 5) is 15.0. The van der Waals surface area contributed by atoms with Crippen molar-refractivity contribution in [1.82, 2.24) is 9.55 Å². The van der Waals surface area contributed by atoms with Gasteiger partial charge in [0, 0.05) is 19.2 Å². The van der Waals surface area contributed by atoms with Gasteiger partial charge in [-0.1, -0.05) is 23.4 Å².